The lowest BCUT2D eigenvalue weighted by atomic mass is 10.2. The molecule has 1 saturated heterocycles. The molecule has 1 aliphatic rings. The van der Waals surface area contributed by atoms with Crippen molar-refractivity contribution in [3.05, 3.63) is 30.1 Å². The summed E-state index contributed by atoms with van der Waals surface area (Å²) >= 11 is 0. The van der Waals surface area contributed by atoms with Gasteiger partial charge in [0.2, 0.25) is 0 Å². The van der Waals surface area contributed by atoms with E-state index in [4.69, 9.17) is 4.74 Å². The van der Waals surface area contributed by atoms with Crippen LogP contribution in [0.4, 0.5) is 4.39 Å². The maximum absolute atomic E-state index is 12.8. The number of aliphatic hydroxyl groups excluding tert-OH is 1. The zero-order chi connectivity index (χ0) is 13.8. The number of benzene rings is 1. The van der Waals surface area contributed by atoms with E-state index in [1.165, 1.54) is 24.3 Å². The van der Waals surface area contributed by atoms with Crippen molar-refractivity contribution in [2.45, 2.75) is 31.9 Å². The topological polar surface area (TPSA) is 49.8 Å². The molecule has 1 amide bonds. The number of amides is 1. The Hall–Kier alpha value is -1.62. The molecule has 2 rings (SSSR count). The number of hydrogen-bond acceptors (Lipinski definition) is 3. The fourth-order valence-electron chi connectivity index (χ4n) is 2.32. The summed E-state index contributed by atoms with van der Waals surface area (Å²) in [5.74, 6) is -0.0194. The van der Waals surface area contributed by atoms with Crippen LogP contribution < -0.4 is 4.74 Å². The maximum atomic E-state index is 12.8. The molecule has 1 N–H and O–H groups in total. The van der Waals surface area contributed by atoms with E-state index < -0.39 is 6.10 Å². The van der Waals surface area contributed by atoms with Gasteiger partial charge in [0.15, 0.2) is 6.10 Å². The summed E-state index contributed by atoms with van der Waals surface area (Å²) in [4.78, 5) is 13.9. The average Bonchev–Trinajstić information content (AvgIpc) is 2.88. The van der Waals surface area contributed by atoms with E-state index >= 15 is 0 Å². The molecule has 1 fully saturated rings. The molecule has 0 aromatic heterocycles. The smallest absolute Gasteiger partial charge is 0.263 e. The van der Waals surface area contributed by atoms with Gasteiger partial charge in [0.1, 0.15) is 11.6 Å². The zero-order valence-corrected chi connectivity index (χ0v) is 10.9. The fourth-order valence-corrected chi connectivity index (χ4v) is 2.32. The first-order valence-electron chi connectivity index (χ1n) is 6.45. The Morgan fingerprint density at radius 1 is 1.53 bits per heavy atom. The number of carbonyl (C=O) groups excluding carboxylic acids is 1. The summed E-state index contributed by atoms with van der Waals surface area (Å²) in [6.45, 7) is 2.30. The van der Waals surface area contributed by atoms with Crippen molar-refractivity contribution in [3.8, 4) is 5.75 Å². The summed E-state index contributed by atoms with van der Waals surface area (Å²) in [6, 6.07) is 5.46. The van der Waals surface area contributed by atoms with Crippen molar-refractivity contribution in [1.29, 1.82) is 0 Å². The Morgan fingerprint density at radius 3 is 2.84 bits per heavy atom. The highest BCUT2D eigenvalue weighted by Gasteiger charge is 2.31. The molecule has 0 aliphatic carbocycles. The lowest BCUT2D eigenvalue weighted by molar-refractivity contribution is -0.139. The number of carbonyl (C=O) groups is 1. The third kappa shape index (κ3) is 3.23. The summed E-state index contributed by atoms with van der Waals surface area (Å²) < 4.78 is 18.3. The largest absolute Gasteiger partial charge is 0.481 e. The first kappa shape index (κ1) is 13.8. The predicted octanol–water partition coefficient (Wildman–Crippen LogP) is 1.58. The van der Waals surface area contributed by atoms with Crippen LogP contribution in [0.1, 0.15) is 19.8 Å². The molecule has 0 saturated carbocycles. The quantitative estimate of drug-likeness (QED) is 0.901. The summed E-state index contributed by atoms with van der Waals surface area (Å²) in [5.41, 5.74) is 0. The fraction of sp³-hybridized carbons (Fsp3) is 0.500. The summed E-state index contributed by atoms with van der Waals surface area (Å²) in [5, 5.41) is 9.21. The molecule has 0 bridgehead atoms. The van der Waals surface area contributed by atoms with E-state index in [1.54, 1.807) is 11.8 Å². The molecular weight excluding hydrogens is 249 g/mol. The van der Waals surface area contributed by atoms with Gasteiger partial charge in [-0.2, -0.15) is 0 Å². The highest BCUT2D eigenvalue weighted by Crippen LogP contribution is 2.20. The number of ether oxygens (including phenoxy) is 1. The number of nitrogens with zero attached hydrogens (tertiary/aromatic N) is 1. The van der Waals surface area contributed by atoms with Crippen molar-refractivity contribution in [2.75, 3.05) is 13.2 Å². The highest BCUT2D eigenvalue weighted by molar-refractivity contribution is 5.81. The average molecular weight is 267 g/mol. The molecule has 19 heavy (non-hydrogen) atoms. The van der Waals surface area contributed by atoms with Gasteiger partial charge < -0.3 is 14.7 Å². The maximum Gasteiger partial charge on any atom is 0.263 e. The van der Waals surface area contributed by atoms with Gasteiger partial charge in [-0.3, -0.25) is 4.79 Å². The molecule has 5 heteroatoms. The van der Waals surface area contributed by atoms with Gasteiger partial charge in [0.25, 0.3) is 5.91 Å². The molecular formula is C14H18FNO3. The number of hydrogen-bond donors (Lipinski definition) is 1. The molecule has 4 nitrogen and oxygen atoms in total. The second-order valence-electron chi connectivity index (χ2n) is 4.72. The minimum absolute atomic E-state index is 0.0188. The van der Waals surface area contributed by atoms with Gasteiger partial charge in [-0.15, -0.1) is 0 Å². The second kappa shape index (κ2) is 6.02. The Morgan fingerprint density at radius 2 is 2.21 bits per heavy atom. The van der Waals surface area contributed by atoms with Crippen LogP contribution in [0.2, 0.25) is 0 Å². The van der Waals surface area contributed by atoms with Gasteiger partial charge in [0.05, 0.1) is 12.6 Å². The first-order valence-corrected chi connectivity index (χ1v) is 6.45. The van der Waals surface area contributed by atoms with Crippen LogP contribution in [0.5, 0.6) is 5.75 Å². The van der Waals surface area contributed by atoms with Crippen LogP contribution in [-0.4, -0.2) is 41.2 Å². The highest BCUT2D eigenvalue weighted by atomic mass is 19.1. The summed E-state index contributed by atoms with van der Waals surface area (Å²) in [6.07, 6.45) is 1.09. The van der Waals surface area contributed by atoms with Gasteiger partial charge in [-0.05, 0) is 44.0 Å². The van der Waals surface area contributed by atoms with Gasteiger partial charge in [0, 0.05) is 6.54 Å². The SMILES string of the molecule is CC(Oc1ccc(F)cc1)C(=O)N1CCC[C@H]1CO. The van der Waals surface area contributed by atoms with E-state index in [1.807, 2.05) is 0 Å². The predicted molar refractivity (Wildman–Crippen MR) is 68.3 cm³/mol. The lowest BCUT2D eigenvalue weighted by Crippen LogP contribution is -2.44. The molecule has 1 heterocycles. The molecule has 1 unspecified atom stereocenters. The Labute approximate surface area is 111 Å². The third-order valence-electron chi connectivity index (χ3n) is 3.35. The zero-order valence-electron chi connectivity index (χ0n) is 10.9. The van der Waals surface area contributed by atoms with Gasteiger partial charge >= 0.3 is 0 Å². The van der Waals surface area contributed by atoms with Crippen molar-refractivity contribution in [1.82, 2.24) is 4.90 Å². The molecule has 104 valence electrons. The third-order valence-corrected chi connectivity index (χ3v) is 3.35. The van der Waals surface area contributed by atoms with Crippen molar-refractivity contribution in [3.63, 3.8) is 0 Å². The standard InChI is InChI=1S/C14H18FNO3/c1-10(19-13-6-4-11(15)5-7-13)14(18)16-8-2-3-12(16)9-17/h4-7,10,12,17H,2-3,8-9H2,1H3/t10?,12-/m0/s1. The van der Waals surface area contributed by atoms with Crippen LogP contribution in [0.25, 0.3) is 0 Å². The minimum Gasteiger partial charge on any atom is -0.481 e. The van der Waals surface area contributed by atoms with Crippen molar-refractivity contribution >= 4 is 5.91 Å². The molecule has 2 atom stereocenters. The number of halogens is 1. The van der Waals surface area contributed by atoms with E-state index in [0.717, 1.165) is 12.8 Å². The van der Waals surface area contributed by atoms with Crippen LogP contribution >= 0.6 is 0 Å². The molecule has 0 spiro atoms. The molecule has 0 radical (unpaired) electrons. The Balaban J connectivity index is 1.97. The Kier molecular flexibility index (Phi) is 4.37. The molecule has 1 aromatic carbocycles. The van der Waals surface area contributed by atoms with Crippen molar-refractivity contribution in [2.24, 2.45) is 0 Å². The first-order chi connectivity index (χ1) is 9.11. The monoisotopic (exact) mass is 267 g/mol. The second-order valence-corrected chi connectivity index (χ2v) is 4.72. The Bertz CT molecular complexity index is 435. The molecule has 1 aliphatic heterocycles. The van der Waals surface area contributed by atoms with Gasteiger partial charge in [-0.25, -0.2) is 4.39 Å². The van der Waals surface area contributed by atoms with E-state index in [9.17, 15) is 14.3 Å². The van der Waals surface area contributed by atoms with Crippen LogP contribution in [0.15, 0.2) is 24.3 Å². The van der Waals surface area contributed by atoms with Crippen molar-refractivity contribution < 1.29 is 19.0 Å². The molecule has 1 aromatic rings. The van der Waals surface area contributed by atoms with Crippen LogP contribution in [0.3, 0.4) is 0 Å². The van der Waals surface area contributed by atoms with E-state index in [2.05, 4.69) is 0 Å². The normalized spacial score (nSPS) is 20.4. The number of aliphatic hydroxyl groups is 1. The van der Waals surface area contributed by atoms with Crippen LogP contribution in [-0.2, 0) is 4.79 Å². The summed E-state index contributed by atoms with van der Waals surface area (Å²) in [7, 11) is 0. The lowest BCUT2D eigenvalue weighted by Gasteiger charge is -2.26. The van der Waals surface area contributed by atoms with Gasteiger partial charge in [-0.1, -0.05) is 0 Å². The van der Waals surface area contributed by atoms with E-state index in [-0.39, 0.29) is 24.4 Å². The van der Waals surface area contributed by atoms with Crippen LogP contribution in [0, 0.1) is 5.82 Å². The number of rotatable bonds is 4. The van der Waals surface area contributed by atoms with E-state index in [0.29, 0.717) is 12.3 Å². The number of likely N-dealkylation sites (tertiary alicyclic amines) is 1. The minimum atomic E-state index is -0.641.